The van der Waals surface area contributed by atoms with Gasteiger partial charge in [0.2, 0.25) is 5.91 Å². The molecule has 0 unspecified atom stereocenters. The Kier molecular flexibility index (Phi) is 2.56. The number of hydrogen-bond donors (Lipinski definition) is 0. The molecule has 1 aromatic carbocycles. The zero-order valence-electron chi connectivity index (χ0n) is 8.51. The van der Waals surface area contributed by atoms with Crippen LogP contribution in [0.2, 0.25) is 10.0 Å². The quantitative estimate of drug-likeness (QED) is 0.731. The molecule has 0 amide bonds. The molecule has 0 aliphatic carbocycles. The van der Waals surface area contributed by atoms with Gasteiger partial charge in [-0.25, -0.2) is 9.36 Å². The Morgan fingerprint density at radius 3 is 2.62 bits per heavy atom. The molecule has 0 atom stereocenters. The van der Waals surface area contributed by atoms with Crippen LogP contribution in [0.15, 0.2) is 15.3 Å². The molecule has 0 spiro atoms. The van der Waals surface area contributed by atoms with Gasteiger partial charge in [-0.3, -0.25) is 4.79 Å². The van der Waals surface area contributed by atoms with Crippen LogP contribution in [0.25, 0.3) is 11.1 Å². The Balaban J connectivity index is 3.02. The average Bonchev–Trinajstić information content (AvgIpc) is 2.51. The monoisotopic (exact) mass is 259 g/mol. The maximum atomic E-state index is 11.4. The van der Waals surface area contributed by atoms with E-state index in [0.29, 0.717) is 16.1 Å². The Bertz CT molecular complexity index is 654. The summed E-state index contributed by atoms with van der Waals surface area (Å²) in [6.07, 6.45) is 0. The summed E-state index contributed by atoms with van der Waals surface area (Å²) in [7, 11) is 0. The lowest BCUT2D eigenvalue weighted by atomic mass is 10.2. The highest BCUT2D eigenvalue weighted by molar-refractivity contribution is 6.43. The molecule has 0 N–H and O–H groups in total. The predicted molar refractivity (Wildman–Crippen MR) is 61.5 cm³/mol. The first kappa shape index (κ1) is 11.2. The smallest absolute Gasteiger partial charge is 0.407 e. The SMILES string of the molecule is CC(=O)n1c(=O)oc2c(C)c(Cl)c(Cl)cc21. The van der Waals surface area contributed by atoms with Crippen molar-refractivity contribution < 1.29 is 9.21 Å². The van der Waals surface area contributed by atoms with Crippen molar-refractivity contribution >= 4 is 40.2 Å². The van der Waals surface area contributed by atoms with Gasteiger partial charge in [-0.15, -0.1) is 0 Å². The number of hydrogen-bond acceptors (Lipinski definition) is 3. The van der Waals surface area contributed by atoms with Crippen molar-refractivity contribution in [2.45, 2.75) is 13.8 Å². The fraction of sp³-hybridized carbons (Fsp3) is 0.200. The summed E-state index contributed by atoms with van der Waals surface area (Å²) in [6, 6.07) is 1.44. The van der Waals surface area contributed by atoms with Gasteiger partial charge in [0, 0.05) is 12.5 Å². The number of nitrogens with zero attached hydrogens (tertiary/aromatic N) is 1. The first-order chi connectivity index (χ1) is 7.43. The Labute approximate surface area is 100 Å². The van der Waals surface area contributed by atoms with Crippen molar-refractivity contribution in [2.75, 3.05) is 0 Å². The van der Waals surface area contributed by atoms with Crippen molar-refractivity contribution in [1.82, 2.24) is 4.57 Å². The zero-order valence-corrected chi connectivity index (χ0v) is 10.0. The van der Waals surface area contributed by atoms with E-state index in [1.807, 2.05) is 0 Å². The molecule has 84 valence electrons. The molecule has 0 fully saturated rings. The van der Waals surface area contributed by atoms with E-state index >= 15 is 0 Å². The van der Waals surface area contributed by atoms with E-state index in [0.717, 1.165) is 4.57 Å². The lowest BCUT2D eigenvalue weighted by Gasteiger charge is -2.01. The van der Waals surface area contributed by atoms with E-state index in [1.54, 1.807) is 6.92 Å². The minimum absolute atomic E-state index is 0.280. The zero-order chi connectivity index (χ0) is 12.0. The molecule has 4 nitrogen and oxygen atoms in total. The van der Waals surface area contributed by atoms with Gasteiger partial charge in [-0.1, -0.05) is 23.2 Å². The number of carbonyl (C=O) groups is 1. The third-order valence-electron chi connectivity index (χ3n) is 2.30. The Morgan fingerprint density at radius 1 is 1.44 bits per heavy atom. The predicted octanol–water partition coefficient (Wildman–Crippen LogP) is 2.87. The van der Waals surface area contributed by atoms with Crippen molar-refractivity contribution in [1.29, 1.82) is 0 Å². The van der Waals surface area contributed by atoms with E-state index in [4.69, 9.17) is 27.6 Å². The van der Waals surface area contributed by atoms with Crippen LogP contribution in [0.3, 0.4) is 0 Å². The topological polar surface area (TPSA) is 52.2 Å². The van der Waals surface area contributed by atoms with Crippen LogP contribution < -0.4 is 5.76 Å². The number of benzene rings is 1. The van der Waals surface area contributed by atoms with Crippen LogP contribution in [-0.2, 0) is 0 Å². The molecule has 1 aromatic heterocycles. The van der Waals surface area contributed by atoms with Crippen molar-refractivity contribution in [3.8, 4) is 0 Å². The molecule has 2 rings (SSSR count). The van der Waals surface area contributed by atoms with Gasteiger partial charge in [0.05, 0.1) is 15.6 Å². The summed E-state index contributed by atoms with van der Waals surface area (Å²) in [6.45, 7) is 2.94. The van der Waals surface area contributed by atoms with Gasteiger partial charge in [-0.05, 0) is 13.0 Å². The third kappa shape index (κ3) is 1.45. The fourth-order valence-electron chi connectivity index (χ4n) is 1.54. The standard InChI is InChI=1S/C10H7Cl2NO3/c1-4-8(12)6(11)3-7-9(4)16-10(15)13(7)5(2)14/h3H,1-2H3. The largest absolute Gasteiger partial charge is 0.426 e. The minimum Gasteiger partial charge on any atom is -0.407 e. The van der Waals surface area contributed by atoms with Crippen LogP contribution >= 0.6 is 23.2 Å². The number of fused-ring (bicyclic) bond motifs is 1. The maximum Gasteiger partial charge on any atom is 0.426 e. The van der Waals surface area contributed by atoms with E-state index in [-0.39, 0.29) is 10.6 Å². The summed E-state index contributed by atoms with van der Waals surface area (Å²) >= 11 is 11.8. The molecule has 0 bridgehead atoms. The molecule has 6 heteroatoms. The number of carbonyl (C=O) groups excluding carboxylic acids is 1. The first-order valence-electron chi connectivity index (χ1n) is 4.44. The second kappa shape index (κ2) is 3.64. The van der Waals surface area contributed by atoms with Gasteiger partial charge in [-0.2, -0.15) is 0 Å². The van der Waals surface area contributed by atoms with Crippen LogP contribution in [0.4, 0.5) is 0 Å². The minimum atomic E-state index is -0.732. The number of halogens is 2. The van der Waals surface area contributed by atoms with Crippen LogP contribution in [0.5, 0.6) is 0 Å². The van der Waals surface area contributed by atoms with Crippen molar-refractivity contribution in [3.05, 3.63) is 32.2 Å². The molecule has 0 saturated carbocycles. The Morgan fingerprint density at radius 2 is 2.06 bits per heavy atom. The fourth-order valence-corrected chi connectivity index (χ4v) is 1.93. The number of aromatic nitrogens is 1. The van der Waals surface area contributed by atoms with E-state index < -0.39 is 11.7 Å². The summed E-state index contributed by atoms with van der Waals surface area (Å²) in [4.78, 5) is 22.7. The van der Waals surface area contributed by atoms with E-state index in [1.165, 1.54) is 13.0 Å². The van der Waals surface area contributed by atoms with Crippen molar-refractivity contribution in [3.63, 3.8) is 0 Å². The molecular formula is C10H7Cl2NO3. The third-order valence-corrected chi connectivity index (χ3v) is 3.19. The molecule has 0 radical (unpaired) electrons. The maximum absolute atomic E-state index is 11.4. The normalized spacial score (nSPS) is 11.0. The molecular weight excluding hydrogens is 253 g/mol. The molecule has 0 saturated heterocycles. The lowest BCUT2D eigenvalue weighted by molar-refractivity contribution is 0.0933. The number of oxazole rings is 1. The number of aryl methyl sites for hydroxylation is 1. The van der Waals surface area contributed by atoms with Gasteiger partial charge < -0.3 is 4.42 Å². The molecule has 2 aromatic rings. The van der Waals surface area contributed by atoms with E-state index in [9.17, 15) is 9.59 Å². The second-order valence-corrected chi connectivity index (χ2v) is 4.15. The molecule has 1 heterocycles. The van der Waals surface area contributed by atoms with Crippen LogP contribution in [0, 0.1) is 6.92 Å². The van der Waals surface area contributed by atoms with Crippen molar-refractivity contribution in [2.24, 2.45) is 0 Å². The highest BCUT2D eigenvalue weighted by Gasteiger charge is 2.17. The van der Waals surface area contributed by atoms with Crippen LogP contribution in [-0.4, -0.2) is 10.5 Å². The summed E-state index contributed by atoms with van der Waals surface area (Å²) in [5.74, 6) is -1.16. The number of rotatable bonds is 0. The lowest BCUT2D eigenvalue weighted by Crippen LogP contribution is -2.19. The first-order valence-corrected chi connectivity index (χ1v) is 5.20. The van der Waals surface area contributed by atoms with Gasteiger partial charge in [0.25, 0.3) is 0 Å². The van der Waals surface area contributed by atoms with E-state index in [2.05, 4.69) is 0 Å². The Hall–Kier alpha value is -1.26. The summed E-state index contributed by atoms with van der Waals surface area (Å²) < 4.78 is 5.89. The summed E-state index contributed by atoms with van der Waals surface area (Å²) in [5, 5.41) is 0.598. The highest BCUT2D eigenvalue weighted by Crippen LogP contribution is 2.32. The van der Waals surface area contributed by atoms with Crippen LogP contribution in [0.1, 0.15) is 17.3 Å². The van der Waals surface area contributed by atoms with Gasteiger partial charge in [0.1, 0.15) is 0 Å². The molecule has 0 aliphatic rings. The molecule has 16 heavy (non-hydrogen) atoms. The van der Waals surface area contributed by atoms with Gasteiger partial charge in [0.15, 0.2) is 5.58 Å². The average molecular weight is 260 g/mol. The summed E-state index contributed by atoms with van der Waals surface area (Å²) in [5.41, 5.74) is 1.17. The molecule has 0 aliphatic heterocycles. The van der Waals surface area contributed by atoms with Gasteiger partial charge >= 0.3 is 5.76 Å². The second-order valence-electron chi connectivity index (χ2n) is 3.37. The highest BCUT2D eigenvalue weighted by atomic mass is 35.5.